The molecule has 1 amide bonds. The summed E-state index contributed by atoms with van der Waals surface area (Å²) in [4.78, 5) is 23.2. The highest BCUT2D eigenvalue weighted by Crippen LogP contribution is 2.14. The summed E-state index contributed by atoms with van der Waals surface area (Å²) in [5.41, 5.74) is 2.61. The Bertz CT molecular complexity index is 866. The lowest BCUT2D eigenvalue weighted by atomic mass is 10.2. The molecule has 26 heavy (non-hydrogen) atoms. The predicted octanol–water partition coefficient (Wildman–Crippen LogP) is 3.35. The van der Waals surface area contributed by atoms with Crippen molar-refractivity contribution in [3.63, 3.8) is 0 Å². The van der Waals surface area contributed by atoms with Crippen LogP contribution in [0.5, 0.6) is 0 Å². The summed E-state index contributed by atoms with van der Waals surface area (Å²) in [7, 11) is 1.96. The van der Waals surface area contributed by atoms with Crippen LogP contribution in [0.25, 0.3) is 0 Å². The standard InChI is InChI=1S/C21H22N4O/c1-16-23-19(21(26)22-14-17-9-5-3-6-10-17)13-20(24-16)25(2)15-18-11-7-4-8-12-18/h3-13H,14-15H2,1-2H3,(H,22,26). The monoisotopic (exact) mass is 346 g/mol. The van der Waals surface area contributed by atoms with E-state index >= 15 is 0 Å². The van der Waals surface area contributed by atoms with Gasteiger partial charge in [-0.15, -0.1) is 0 Å². The number of nitrogens with zero attached hydrogens (tertiary/aromatic N) is 3. The van der Waals surface area contributed by atoms with Gasteiger partial charge in [-0.2, -0.15) is 0 Å². The summed E-state index contributed by atoms with van der Waals surface area (Å²) in [5.74, 6) is 1.10. The van der Waals surface area contributed by atoms with Crippen molar-refractivity contribution in [1.82, 2.24) is 15.3 Å². The number of rotatable bonds is 6. The van der Waals surface area contributed by atoms with Crippen molar-refractivity contribution in [2.24, 2.45) is 0 Å². The third-order valence-corrected chi connectivity index (χ3v) is 4.01. The summed E-state index contributed by atoms with van der Waals surface area (Å²) in [6.45, 7) is 2.98. The Hall–Kier alpha value is -3.21. The number of carbonyl (C=O) groups is 1. The summed E-state index contributed by atoms with van der Waals surface area (Å²) < 4.78 is 0. The number of hydrogen-bond acceptors (Lipinski definition) is 4. The van der Waals surface area contributed by atoms with Crippen molar-refractivity contribution >= 4 is 11.7 Å². The zero-order valence-electron chi connectivity index (χ0n) is 15.0. The first-order valence-corrected chi connectivity index (χ1v) is 8.54. The van der Waals surface area contributed by atoms with E-state index in [0.29, 0.717) is 24.6 Å². The second-order valence-electron chi connectivity index (χ2n) is 6.17. The van der Waals surface area contributed by atoms with Gasteiger partial charge in [0.05, 0.1) is 0 Å². The van der Waals surface area contributed by atoms with E-state index in [4.69, 9.17) is 0 Å². The van der Waals surface area contributed by atoms with Crippen LogP contribution in [0.15, 0.2) is 66.7 Å². The lowest BCUT2D eigenvalue weighted by Gasteiger charge is -2.19. The first-order chi connectivity index (χ1) is 12.6. The Morgan fingerprint density at radius 3 is 2.23 bits per heavy atom. The van der Waals surface area contributed by atoms with E-state index in [1.165, 1.54) is 5.56 Å². The smallest absolute Gasteiger partial charge is 0.270 e. The fourth-order valence-corrected chi connectivity index (χ4v) is 2.67. The number of carbonyl (C=O) groups excluding carboxylic acids is 1. The number of anilines is 1. The maximum atomic E-state index is 12.5. The molecule has 2 aromatic carbocycles. The number of hydrogen-bond donors (Lipinski definition) is 1. The van der Waals surface area contributed by atoms with Gasteiger partial charge in [-0.25, -0.2) is 9.97 Å². The zero-order chi connectivity index (χ0) is 18.4. The number of nitrogens with one attached hydrogen (secondary N) is 1. The minimum absolute atomic E-state index is 0.200. The van der Waals surface area contributed by atoms with Crippen LogP contribution < -0.4 is 10.2 Å². The van der Waals surface area contributed by atoms with E-state index in [0.717, 1.165) is 11.4 Å². The van der Waals surface area contributed by atoms with Crippen molar-refractivity contribution in [3.05, 3.63) is 89.4 Å². The van der Waals surface area contributed by atoms with Crippen molar-refractivity contribution in [2.45, 2.75) is 20.0 Å². The molecule has 0 aliphatic rings. The van der Waals surface area contributed by atoms with E-state index in [2.05, 4.69) is 27.4 Å². The van der Waals surface area contributed by atoms with Gasteiger partial charge in [-0.3, -0.25) is 4.79 Å². The van der Waals surface area contributed by atoms with E-state index in [1.807, 2.05) is 60.5 Å². The maximum Gasteiger partial charge on any atom is 0.270 e. The van der Waals surface area contributed by atoms with E-state index in [9.17, 15) is 4.79 Å². The van der Waals surface area contributed by atoms with Crippen molar-refractivity contribution < 1.29 is 4.79 Å². The Balaban J connectivity index is 1.71. The maximum absolute atomic E-state index is 12.5. The van der Waals surface area contributed by atoms with Gasteiger partial charge in [0.1, 0.15) is 17.3 Å². The van der Waals surface area contributed by atoms with Gasteiger partial charge in [-0.05, 0) is 18.1 Å². The van der Waals surface area contributed by atoms with Gasteiger partial charge in [0.25, 0.3) is 5.91 Å². The van der Waals surface area contributed by atoms with Crippen LogP contribution in [-0.2, 0) is 13.1 Å². The molecule has 0 aliphatic carbocycles. The van der Waals surface area contributed by atoms with E-state index in [-0.39, 0.29) is 5.91 Å². The Morgan fingerprint density at radius 2 is 1.58 bits per heavy atom. The molecule has 1 heterocycles. The Morgan fingerprint density at radius 1 is 0.962 bits per heavy atom. The van der Waals surface area contributed by atoms with Crippen molar-refractivity contribution in [1.29, 1.82) is 0 Å². The molecule has 0 atom stereocenters. The number of amides is 1. The summed E-state index contributed by atoms with van der Waals surface area (Å²) in [6.07, 6.45) is 0. The minimum Gasteiger partial charge on any atom is -0.355 e. The van der Waals surface area contributed by atoms with Gasteiger partial charge in [-0.1, -0.05) is 60.7 Å². The molecule has 3 rings (SSSR count). The average Bonchev–Trinajstić information content (AvgIpc) is 2.67. The molecule has 0 radical (unpaired) electrons. The third-order valence-electron chi connectivity index (χ3n) is 4.01. The molecule has 0 fully saturated rings. The molecule has 1 N–H and O–H groups in total. The van der Waals surface area contributed by atoms with Gasteiger partial charge < -0.3 is 10.2 Å². The molecular weight excluding hydrogens is 324 g/mol. The highest BCUT2D eigenvalue weighted by atomic mass is 16.1. The molecule has 0 unspecified atom stereocenters. The molecule has 3 aromatic rings. The van der Waals surface area contributed by atoms with Gasteiger partial charge >= 0.3 is 0 Å². The SMILES string of the molecule is Cc1nc(C(=O)NCc2ccccc2)cc(N(C)Cc2ccccc2)n1. The van der Waals surface area contributed by atoms with Crippen LogP contribution in [-0.4, -0.2) is 22.9 Å². The van der Waals surface area contributed by atoms with Crippen LogP contribution >= 0.6 is 0 Å². The van der Waals surface area contributed by atoms with Crippen LogP contribution in [0, 0.1) is 6.92 Å². The molecule has 0 aliphatic heterocycles. The quantitative estimate of drug-likeness (QED) is 0.744. The molecule has 132 valence electrons. The Kier molecular flexibility index (Phi) is 5.59. The lowest BCUT2D eigenvalue weighted by molar-refractivity contribution is 0.0945. The molecule has 1 aromatic heterocycles. The first kappa shape index (κ1) is 17.6. The van der Waals surface area contributed by atoms with Gasteiger partial charge in [0.2, 0.25) is 0 Å². The van der Waals surface area contributed by atoms with E-state index < -0.39 is 0 Å². The molecular formula is C21H22N4O. The highest BCUT2D eigenvalue weighted by Gasteiger charge is 2.13. The lowest BCUT2D eigenvalue weighted by Crippen LogP contribution is -2.25. The third kappa shape index (κ3) is 4.66. The number of aryl methyl sites for hydroxylation is 1. The largest absolute Gasteiger partial charge is 0.355 e. The normalized spacial score (nSPS) is 10.4. The van der Waals surface area contributed by atoms with Crippen LogP contribution in [0.2, 0.25) is 0 Å². The zero-order valence-corrected chi connectivity index (χ0v) is 15.0. The highest BCUT2D eigenvalue weighted by molar-refractivity contribution is 5.92. The predicted molar refractivity (Wildman–Crippen MR) is 103 cm³/mol. The molecule has 5 heteroatoms. The second-order valence-corrected chi connectivity index (χ2v) is 6.17. The summed E-state index contributed by atoms with van der Waals surface area (Å²) in [5, 5.41) is 2.91. The minimum atomic E-state index is -0.200. The second kappa shape index (κ2) is 8.25. The van der Waals surface area contributed by atoms with Gasteiger partial charge in [0.15, 0.2) is 0 Å². The molecule has 0 spiro atoms. The molecule has 5 nitrogen and oxygen atoms in total. The van der Waals surface area contributed by atoms with Crippen molar-refractivity contribution in [3.8, 4) is 0 Å². The summed E-state index contributed by atoms with van der Waals surface area (Å²) in [6, 6.07) is 21.7. The average molecular weight is 346 g/mol. The van der Waals surface area contributed by atoms with Crippen LogP contribution in [0.3, 0.4) is 0 Å². The van der Waals surface area contributed by atoms with E-state index in [1.54, 1.807) is 13.0 Å². The Labute approximate surface area is 153 Å². The molecule has 0 bridgehead atoms. The molecule has 0 saturated heterocycles. The fraction of sp³-hybridized carbons (Fsp3) is 0.190. The summed E-state index contributed by atoms with van der Waals surface area (Å²) >= 11 is 0. The van der Waals surface area contributed by atoms with Crippen LogP contribution in [0.1, 0.15) is 27.4 Å². The van der Waals surface area contributed by atoms with Crippen molar-refractivity contribution in [2.75, 3.05) is 11.9 Å². The number of aromatic nitrogens is 2. The van der Waals surface area contributed by atoms with Gasteiger partial charge in [0, 0.05) is 26.2 Å². The number of benzene rings is 2. The van der Waals surface area contributed by atoms with Crippen LogP contribution in [0.4, 0.5) is 5.82 Å². The molecule has 0 saturated carbocycles. The topological polar surface area (TPSA) is 58.1 Å². The first-order valence-electron chi connectivity index (χ1n) is 8.54. The fourth-order valence-electron chi connectivity index (χ4n) is 2.67.